The normalized spacial score (nSPS) is 12.5. The minimum Gasteiger partial charge on any atom is -0.508 e. The third-order valence-corrected chi connectivity index (χ3v) is 3.35. The number of phenolic OH excluding ortho intramolecular Hbond substituents is 1. The van der Waals surface area contributed by atoms with Crippen molar-refractivity contribution in [1.82, 2.24) is 0 Å². The topological polar surface area (TPSA) is 32.3 Å². The van der Waals surface area contributed by atoms with Crippen molar-refractivity contribution in [2.24, 2.45) is 0 Å². The van der Waals surface area contributed by atoms with E-state index >= 15 is 0 Å². The van der Waals surface area contributed by atoms with Crippen LogP contribution in [0, 0.1) is 0 Å². The van der Waals surface area contributed by atoms with Crippen molar-refractivity contribution < 1.29 is 5.11 Å². The Balaban J connectivity index is 2.26. The molecule has 2 aromatic carbocycles. The zero-order chi connectivity index (χ0) is 10.3. The number of hydrogen-bond donors (Lipinski definition) is 2. The van der Waals surface area contributed by atoms with Crippen LogP contribution in [0.2, 0.25) is 0 Å². The van der Waals surface area contributed by atoms with Crippen LogP contribution in [0.3, 0.4) is 0 Å². The van der Waals surface area contributed by atoms with Gasteiger partial charge < -0.3 is 9.83 Å². The molecule has 0 fully saturated rings. The highest BCUT2D eigenvalue weighted by Gasteiger charge is 2.15. The molecule has 1 aliphatic heterocycles. The van der Waals surface area contributed by atoms with E-state index in [-0.39, 0.29) is 0 Å². The molecule has 15 heavy (non-hydrogen) atoms. The van der Waals surface area contributed by atoms with E-state index in [9.17, 15) is 5.11 Å². The minimum atomic E-state index is 0.293. The van der Waals surface area contributed by atoms with Gasteiger partial charge in [-0.2, -0.15) is 0 Å². The van der Waals surface area contributed by atoms with E-state index in [4.69, 9.17) is 0 Å². The standard InChI is InChI=1S/C12H9NOS/c14-8-5-6-9-10-3-1-2-4-12(10)15-13-11(9)7-8/h1-7,13-14H. The van der Waals surface area contributed by atoms with Gasteiger partial charge in [0.1, 0.15) is 5.75 Å². The molecule has 0 unspecified atom stereocenters. The largest absolute Gasteiger partial charge is 0.508 e. The molecule has 0 atom stereocenters. The van der Waals surface area contributed by atoms with Crippen LogP contribution in [0.15, 0.2) is 47.4 Å². The lowest BCUT2D eigenvalue weighted by atomic mass is 10.0. The summed E-state index contributed by atoms with van der Waals surface area (Å²) < 4.78 is 3.22. The Bertz CT molecular complexity index is 525. The summed E-state index contributed by atoms with van der Waals surface area (Å²) in [6, 6.07) is 13.6. The molecule has 1 aliphatic rings. The second-order valence-electron chi connectivity index (χ2n) is 3.43. The Morgan fingerprint density at radius 1 is 1.00 bits per heavy atom. The lowest BCUT2D eigenvalue weighted by molar-refractivity contribution is 0.475. The van der Waals surface area contributed by atoms with E-state index < -0.39 is 0 Å². The van der Waals surface area contributed by atoms with E-state index in [0.29, 0.717) is 5.75 Å². The van der Waals surface area contributed by atoms with Gasteiger partial charge in [-0.1, -0.05) is 18.2 Å². The lowest BCUT2D eigenvalue weighted by Crippen LogP contribution is -1.97. The van der Waals surface area contributed by atoms with Crippen LogP contribution >= 0.6 is 11.9 Å². The van der Waals surface area contributed by atoms with E-state index in [0.717, 1.165) is 11.3 Å². The SMILES string of the molecule is Oc1ccc2c(c1)NSc1ccccc1-2. The number of rotatable bonds is 0. The number of hydrogen-bond acceptors (Lipinski definition) is 3. The Morgan fingerprint density at radius 2 is 1.87 bits per heavy atom. The summed E-state index contributed by atoms with van der Waals surface area (Å²) >= 11 is 1.58. The maximum absolute atomic E-state index is 9.39. The van der Waals surface area contributed by atoms with Gasteiger partial charge in [-0.25, -0.2) is 0 Å². The second-order valence-corrected chi connectivity index (χ2v) is 4.28. The Labute approximate surface area is 92.1 Å². The Hall–Kier alpha value is -1.61. The second kappa shape index (κ2) is 3.21. The molecule has 0 aromatic heterocycles. The summed E-state index contributed by atoms with van der Waals surface area (Å²) in [6.45, 7) is 0. The fraction of sp³-hybridized carbons (Fsp3) is 0. The average molecular weight is 215 g/mol. The third-order valence-electron chi connectivity index (χ3n) is 2.45. The molecule has 0 spiro atoms. The van der Waals surface area contributed by atoms with Crippen LogP contribution in [0.5, 0.6) is 5.75 Å². The first-order valence-electron chi connectivity index (χ1n) is 4.70. The fourth-order valence-corrected chi connectivity index (χ4v) is 2.56. The zero-order valence-corrected chi connectivity index (χ0v) is 8.71. The van der Waals surface area contributed by atoms with Crippen molar-refractivity contribution in [2.75, 3.05) is 4.72 Å². The summed E-state index contributed by atoms with van der Waals surface area (Å²) in [5.74, 6) is 0.293. The minimum absolute atomic E-state index is 0.293. The number of nitrogens with one attached hydrogen (secondary N) is 1. The first kappa shape index (κ1) is 8.68. The van der Waals surface area contributed by atoms with E-state index in [2.05, 4.69) is 16.9 Å². The summed E-state index contributed by atoms with van der Waals surface area (Å²) in [5, 5.41) is 9.39. The third kappa shape index (κ3) is 1.36. The molecule has 1 heterocycles. The zero-order valence-electron chi connectivity index (χ0n) is 7.90. The van der Waals surface area contributed by atoms with Crippen molar-refractivity contribution in [1.29, 1.82) is 0 Å². The molecule has 74 valence electrons. The van der Waals surface area contributed by atoms with Gasteiger partial charge >= 0.3 is 0 Å². The Kier molecular flexibility index (Phi) is 1.86. The highest BCUT2D eigenvalue weighted by Crippen LogP contribution is 2.42. The monoisotopic (exact) mass is 215 g/mol. The molecule has 0 radical (unpaired) electrons. The van der Waals surface area contributed by atoms with Crippen LogP contribution in [0.25, 0.3) is 11.1 Å². The van der Waals surface area contributed by atoms with Gasteiger partial charge in [-0.15, -0.1) is 0 Å². The van der Waals surface area contributed by atoms with Crippen LogP contribution in [-0.2, 0) is 0 Å². The lowest BCUT2D eigenvalue weighted by Gasteiger charge is -2.20. The molecule has 2 nitrogen and oxygen atoms in total. The molecule has 0 aliphatic carbocycles. The first-order chi connectivity index (χ1) is 7.34. The van der Waals surface area contributed by atoms with Crippen LogP contribution in [0.1, 0.15) is 0 Å². The van der Waals surface area contributed by atoms with Gasteiger partial charge in [-0.3, -0.25) is 0 Å². The van der Waals surface area contributed by atoms with E-state index in [1.165, 1.54) is 10.5 Å². The van der Waals surface area contributed by atoms with Crippen LogP contribution < -0.4 is 4.72 Å². The first-order valence-corrected chi connectivity index (χ1v) is 5.51. The molecule has 2 aromatic rings. The smallest absolute Gasteiger partial charge is 0.117 e. The molecular weight excluding hydrogens is 206 g/mol. The maximum atomic E-state index is 9.39. The van der Waals surface area contributed by atoms with Crippen LogP contribution in [-0.4, -0.2) is 5.11 Å². The van der Waals surface area contributed by atoms with Crippen molar-refractivity contribution in [3.8, 4) is 16.9 Å². The molecule has 0 amide bonds. The predicted octanol–water partition coefficient (Wildman–Crippen LogP) is 3.49. The van der Waals surface area contributed by atoms with Gasteiger partial charge in [0.05, 0.1) is 5.69 Å². The highest BCUT2D eigenvalue weighted by molar-refractivity contribution is 8.00. The van der Waals surface area contributed by atoms with Crippen molar-refractivity contribution in [2.45, 2.75) is 4.90 Å². The van der Waals surface area contributed by atoms with Crippen molar-refractivity contribution in [3.05, 3.63) is 42.5 Å². The molecule has 3 heteroatoms. The fourth-order valence-electron chi connectivity index (χ4n) is 1.74. The summed E-state index contributed by atoms with van der Waals surface area (Å²) in [7, 11) is 0. The molecular formula is C12H9NOS. The quantitative estimate of drug-likeness (QED) is 0.660. The molecule has 2 N–H and O–H groups in total. The molecule has 0 saturated heterocycles. The number of aromatic hydroxyl groups is 1. The van der Waals surface area contributed by atoms with Crippen LogP contribution in [0.4, 0.5) is 5.69 Å². The highest BCUT2D eigenvalue weighted by atomic mass is 32.2. The average Bonchev–Trinajstić information content (AvgIpc) is 2.28. The number of phenols is 1. The van der Waals surface area contributed by atoms with Crippen molar-refractivity contribution >= 4 is 17.6 Å². The summed E-state index contributed by atoms with van der Waals surface area (Å²) in [4.78, 5) is 1.22. The number of benzene rings is 2. The van der Waals surface area contributed by atoms with Gasteiger partial charge in [-0.05, 0) is 35.7 Å². The van der Waals surface area contributed by atoms with E-state index in [1.54, 1.807) is 24.1 Å². The Morgan fingerprint density at radius 3 is 2.80 bits per heavy atom. The summed E-state index contributed by atoms with van der Waals surface area (Å²) in [6.07, 6.45) is 0. The number of fused-ring (bicyclic) bond motifs is 3. The van der Waals surface area contributed by atoms with Crippen molar-refractivity contribution in [3.63, 3.8) is 0 Å². The predicted molar refractivity (Wildman–Crippen MR) is 63.0 cm³/mol. The van der Waals surface area contributed by atoms with E-state index in [1.807, 2.05) is 18.2 Å². The van der Waals surface area contributed by atoms with Gasteiger partial charge in [0.25, 0.3) is 0 Å². The van der Waals surface area contributed by atoms with Gasteiger partial charge in [0, 0.05) is 16.5 Å². The maximum Gasteiger partial charge on any atom is 0.117 e. The molecule has 3 rings (SSSR count). The molecule has 0 bridgehead atoms. The molecule has 0 saturated carbocycles. The number of anilines is 1. The van der Waals surface area contributed by atoms with Gasteiger partial charge in [0.15, 0.2) is 0 Å². The van der Waals surface area contributed by atoms with Gasteiger partial charge in [0.2, 0.25) is 0 Å². The summed E-state index contributed by atoms with van der Waals surface area (Å²) in [5.41, 5.74) is 3.33.